The Morgan fingerprint density at radius 3 is 2.67 bits per heavy atom. The largest absolute Gasteiger partial charge is 0.391 e. The lowest BCUT2D eigenvalue weighted by Crippen LogP contribution is -2.36. The molecule has 0 spiro atoms. The lowest BCUT2D eigenvalue weighted by molar-refractivity contribution is 0.116. The molecule has 2 heteroatoms. The van der Waals surface area contributed by atoms with Gasteiger partial charge in [-0.05, 0) is 31.4 Å². The molecule has 0 aliphatic heterocycles. The molecule has 15 heavy (non-hydrogen) atoms. The Balaban J connectivity index is 2.04. The van der Waals surface area contributed by atoms with E-state index in [9.17, 15) is 5.11 Å². The Bertz CT molecular complexity index is 324. The molecule has 0 unspecified atom stereocenters. The molecule has 0 bridgehead atoms. The van der Waals surface area contributed by atoms with Gasteiger partial charge in [-0.25, -0.2) is 0 Å². The van der Waals surface area contributed by atoms with Gasteiger partial charge in [0, 0.05) is 5.69 Å². The molecule has 1 aliphatic rings. The van der Waals surface area contributed by atoms with Crippen LogP contribution in [0.15, 0.2) is 24.3 Å². The maximum absolute atomic E-state index is 9.86. The molecule has 82 valence electrons. The van der Waals surface area contributed by atoms with E-state index < -0.39 is 0 Å². The number of anilines is 1. The molecular weight excluding hydrogens is 186 g/mol. The van der Waals surface area contributed by atoms with E-state index in [0.717, 1.165) is 24.9 Å². The zero-order valence-corrected chi connectivity index (χ0v) is 9.24. The second-order valence-corrected chi connectivity index (χ2v) is 4.42. The molecule has 2 atom stereocenters. The standard InChI is InChI=1S/C13H19NO/c1-10-6-2-3-7-11(10)14-12-8-4-5-9-13(12)15/h2-3,6-7,12-15H,4-5,8-9H2,1H3/t12-,13-/m0/s1. The van der Waals surface area contributed by atoms with Crippen molar-refractivity contribution in [1.29, 1.82) is 0 Å². The van der Waals surface area contributed by atoms with E-state index >= 15 is 0 Å². The molecule has 2 rings (SSSR count). The topological polar surface area (TPSA) is 32.3 Å². The second kappa shape index (κ2) is 4.67. The summed E-state index contributed by atoms with van der Waals surface area (Å²) < 4.78 is 0. The van der Waals surface area contributed by atoms with Crippen molar-refractivity contribution in [2.24, 2.45) is 0 Å². The summed E-state index contributed by atoms with van der Waals surface area (Å²) in [5.74, 6) is 0. The van der Waals surface area contributed by atoms with E-state index in [0.29, 0.717) is 0 Å². The minimum Gasteiger partial charge on any atom is -0.391 e. The molecule has 2 nitrogen and oxygen atoms in total. The normalized spacial score (nSPS) is 26.3. The van der Waals surface area contributed by atoms with Crippen molar-refractivity contribution >= 4 is 5.69 Å². The van der Waals surface area contributed by atoms with Crippen LogP contribution in [0.1, 0.15) is 31.2 Å². The highest BCUT2D eigenvalue weighted by Gasteiger charge is 2.22. The number of aliphatic hydroxyl groups is 1. The summed E-state index contributed by atoms with van der Waals surface area (Å²) in [5.41, 5.74) is 2.40. The van der Waals surface area contributed by atoms with E-state index in [-0.39, 0.29) is 12.1 Å². The number of aryl methyl sites for hydroxylation is 1. The van der Waals surface area contributed by atoms with Crippen molar-refractivity contribution in [3.8, 4) is 0 Å². The molecule has 0 amide bonds. The monoisotopic (exact) mass is 205 g/mol. The number of aliphatic hydroxyl groups excluding tert-OH is 1. The molecule has 0 radical (unpaired) electrons. The number of nitrogens with one attached hydrogen (secondary N) is 1. The Morgan fingerprint density at radius 2 is 1.93 bits per heavy atom. The first-order chi connectivity index (χ1) is 7.27. The van der Waals surface area contributed by atoms with Crippen molar-refractivity contribution in [3.63, 3.8) is 0 Å². The molecule has 1 fully saturated rings. The van der Waals surface area contributed by atoms with E-state index in [1.54, 1.807) is 0 Å². The predicted octanol–water partition coefficient (Wildman–Crippen LogP) is 2.71. The maximum Gasteiger partial charge on any atom is 0.0741 e. The maximum atomic E-state index is 9.86. The van der Waals surface area contributed by atoms with E-state index in [1.807, 2.05) is 12.1 Å². The number of para-hydroxylation sites is 1. The summed E-state index contributed by atoms with van der Waals surface area (Å²) >= 11 is 0. The van der Waals surface area contributed by atoms with Crippen LogP contribution in [0.5, 0.6) is 0 Å². The van der Waals surface area contributed by atoms with Crippen LogP contribution in [0, 0.1) is 6.92 Å². The highest BCUT2D eigenvalue weighted by Crippen LogP contribution is 2.23. The van der Waals surface area contributed by atoms with Crippen LogP contribution < -0.4 is 5.32 Å². The molecule has 1 aliphatic carbocycles. The van der Waals surface area contributed by atoms with Gasteiger partial charge in [0.05, 0.1) is 12.1 Å². The number of benzene rings is 1. The molecular formula is C13H19NO. The fourth-order valence-electron chi connectivity index (χ4n) is 2.21. The van der Waals surface area contributed by atoms with Gasteiger partial charge in [-0.1, -0.05) is 31.0 Å². The summed E-state index contributed by atoms with van der Waals surface area (Å²) in [6.07, 6.45) is 4.21. The van der Waals surface area contributed by atoms with Crippen LogP contribution in [0.25, 0.3) is 0 Å². The summed E-state index contributed by atoms with van der Waals surface area (Å²) in [6, 6.07) is 8.48. The van der Waals surface area contributed by atoms with Gasteiger partial charge in [-0.15, -0.1) is 0 Å². The first kappa shape index (κ1) is 10.5. The average Bonchev–Trinajstić information content (AvgIpc) is 2.24. The fraction of sp³-hybridized carbons (Fsp3) is 0.538. The number of rotatable bonds is 2. The van der Waals surface area contributed by atoms with Crippen LogP contribution in [-0.2, 0) is 0 Å². The Labute approximate surface area is 91.3 Å². The predicted molar refractivity (Wildman–Crippen MR) is 63.1 cm³/mol. The minimum absolute atomic E-state index is 0.182. The van der Waals surface area contributed by atoms with Crippen molar-refractivity contribution < 1.29 is 5.11 Å². The third kappa shape index (κ3) is 2.51. The van der Waals surface area contributed by atoms with Crippen LogP contribution in [0.3, 0.4) is 0 Å². The first-order valence-corrected chi connectivity index (χ1v) is 5.77. The van der Waals surface area contributed by atoms with Crippen LogP contribution in [0.4, 0.5) is 5.69 Å². The molecule has 0 saturated heterocycles. The number of hydrogen-bond donors (Lipinski definition) is 2. The SMILES string of the molecule is Cc1ccccc1N[C@H]1CCCC[C@@H]1O. The minimum atomic E-state index is -0.182. The smallest absolute Gasteiger partial charge is 0.0741 e. The third-order valence-electron chi connectivity index (χ3n) is 3.22. The zero-order chi connectivity index (χ0) is 10.7. The van der Waals surface area contributed by atoms with Gasteiger partial charge >= 0.3 is 0 Å². The number of hydrogen-bond acceptors (Lipinski definition) is 2. The molecule has 1 saturated carbocycles. The zero-order valence-electron chi connectivity index (χ0n) is 9.24. The Morgan fingerprint density at radius 1 is 1.20 bits per heavy atom. The van der Waals surface area contributed by atoms with Gasteiger partial charge in [-0.2, -0.15) is 0 Å². The molecule has 1 aromatic carbocycles. The van der Waals surface area contributed by atoms with Gasteiger partial charge in [0.25, 0.3) is 0 Å². The van der Waals surface area contributed by atoms with E-state index in [4.69, 9.17) is 0 Å². The lowest BCUT2D eigenvalue weighted by Gasteiger charge is -2.29. The van der Waals surface area contributed by atoms with Gasteiger partial charge in [-0.3, -0.25) is 0 Å². The van der Waals surface area contributed by atoms with Crippen molar-refractivity contribution in [3.05, 3.63) is 29.8 Å². The average molecular weight is 205 g/mol. The molecule has 2 N–H and O–H groups in total. The highest BCUT2D eigenvalue weighted by molar-refractivity contribution is 5.51. The van der Waals surface area contributed by atoms with E-state index in [1.165, 1.54) is 12.0 Å². The lowest BCUT2D eigenvalue weighted by atomic mass is 9.92. The third-order valence-corrected chi connectivity index (χ3v) is 3.22. The van der Waals surface area contributed by atoms with Gasteiger partial charge in [0.1, 0.15) is 0 Å². The summed E-state index contributed by atoms with van der Waals surface area (Å²) in [5, 5.41) is 13.3. The van der Waals surface area contributed by atoms with E-state index in [2.05, 4.69) is 24.4 Å². The van der Waals surface area contributed by atoms with Crippen molar-refractivity contribution in [2.45, 2.75) is 44.8 Å². The van der Waals surface area contributed by atoms with Gasteiger partial charge in [0.2, 0.25) is 0 Å². The Kier molecular flexibility index (Phi) is 3.27. The van der Waals surface area contributed by atoms with Crippen LogP contribution >= 0.6 is 0 Å². The van der Waals surface area contributed by atoms with Crippen molar-refractivity contribution in [1.82, 2.24) is 0 Å². The highest BCUT2D eigenvalue weighted by atomic mass is 16.3. The molecule has 0 aromatic heterocycles. The summed E-state index contributed by atoms with van der Waals surface area (Å²) in [7, 11) is 0. The quantitative estimate of drug-likeness (QED) is 0.778. The van der Waals surface area contributed by atoms with Gasteiger partial charge in [0.15, 0.2) is 0 Å². The molecule has 0 heterocycles. The molecule has 1 aromatic rings. The second-order valence-electron chi connectivity index (χ2n) is 4.42. The summed E-state index contributed by atoms with van der Waals surface area (Å²) in [4.78, 5) is 0. The van der Waals surface area contributed by atoms with Crippen LogP contribution in [-0.4, -0.2) is 17.3 Å². The fourth-order valence-corrected chi connectivity index (χ4v) is 2.21. The van der Waals surface area contributed by atoms with Gasteiger partial charge < -0.3 is 10.4 Å². The first-order valence-electron chi connectivity index (χ1n) is 5.77. The Hall–Kier alpha value is -1.02. The van der Waals surface area contributed by atoms with Crippen molar-refractivity contribution in [2.75, 3.05) is 5.32 Å². The summed E-state index contributed by atoms with van der Waals surface area (Å²) in [6.45, 7) is 2.09. The van der Waals surface area contributed by atoms with Crippen LogP contribution in [0.2, 0.25) is 0 Å².